The summed E-state index contributed by atoms with van der Waals surface area (Å²) < 4.78 is 16.5. The number of rotatable bonds is 3. The molecule has 0 N–H and O–H groups in total. The number of amides is 1. The average molecular weight is 316 g/mol. The van der Waals surface area contributed by atoms with E-state index >= 15 is 0 Å². The van der Waals surface area contributed by atoms with Gasteiger partial charge < -0.3 is 18.8 Å². The molecule has 1 aromatic carbocycles. The number of ether oxygens (including phenoxy) is 2. The van der Waals surface area contributed by atoms with Gasteiger partial charge in [0.2, 0.25) is 11.8 Å². The normalized spacial score (nSPS) is 24.7. The molecule has 1 amide bonds. The smallest absolute Gasteiger partial charge is 0.223 e. The van der Waals surface area contributed by atoms with Gasteiger partial charge in [0.25, 0.3) is 0 Å². The Balaban J connectivity index is 1.55. The van der Waals surface area contributed by atoms with E-state index in [0.717, 1.165) is 43.9 Å². The predicted octanol–water partition coefficient (Wildman–Crippen LogP) is 2.37. The number of nitrogens with zero attached hydrogens (tertiary/aromatic N) is 2. The van der Waals surface area contributed by atoms with E-state index in [4.69, 9.17) is 13.9 Å². The number of benzene rings is 1. The fourth-order valence-electron chi connectivity index (χ4n) is 3.53. The summed E-state index contributed by atoms with van der Waals surface area (Å²) in [6.45, 7) is 2.69. The minimum atomic E-state index is 0.128. The van der Waals surface area contributed by atoms with Crippen LogP contribution in [0.3, 0.4) is 0 Å². The van der Waals surface area contributed by atoms with E-state index in [1.165, 1.54) is 0 Å². The second-order valence-electron chi connectivity index (χ2n) is 6.49. The lowest BCUT2D eigenvalue weighted by Gasteiger charge is -2.38. The number of fused-ring (bicyclic) bond motifs is 1. The van der Waals surface area contributed by atoms with Crippen molar-refractivity contribution in [3.63, 3.8) is 0 Å². The van der Waals surface area contributed by atoms with Gasteiger partial charge in [-0.1, -0.05) is 0 Å². The number of methoxy groups -OCH3 is 1. The van der Waals surface area contributed by atoms with Crippen LogP contribution in [0.2, 0.25) is 0 Å². The van der Waals surface area contributed by atoms with Crippen LogP contribution in [0, 0.1) is 5.41 Å². The molecule has 23 heavy (non-hydrogen) atoms. The number of piperidine rings is 1. The van der Waals surface area contributed by atoms with Crippen LogP contribution in [0.1, 0.15) is 25.2 Å². The van der Waals surface area contributed by atoms with Gasteiger partial charge in [0.15, 0.2) is 5.58 Å². The van der Waals surface area contributed by atoms with Crippen LogP contribution in [0.15, 0.2) is 22.6 Å². The largest absolute Gasteiger partial charge is 0.497 e. The van der Waals surface area contributed by atoms with Crippen molar-refractivity contribution in [2.45, 2.75) is 25.8 Å². The highest BCUT2D eigenvalue weighted by Crippen LogP contribution is 2.38. The monoisotopic (exact) mass is 316 g/mol. The molecule has 6 nitrogen and oxygen atoms in total. The molecule has 6 heteroatoms. The van der Waals surface area contributed by atoms with Gasteiger partial charge >= 0.3 is 0 Å². The maximum Gasteiger partial charge on any atom is 0.223 e. The number of oxazole rings is 1. The zero-order valence-electron chi connectivity index (χ0n) is 13.2. The van der Waals surface area contributed by atoms with E-state index in [-0.39, 0.29) is 11.3 Å². The van der Waals surface area contributed by atoms with Crippen molar-refractivity contribution in [3.05, 3.63) is 24.1 Å². The summed E-state index contributed by atoms with van der Waals surface area (Å²) in [5.41, 5.74) is 1.59. The SMILES string of the molecule is COc1ccc2oc(CN3C[C@@]4(CCOC4)CCC3=O)nc2c1. The second-order valence-corrected chi connectivity index (χ2v) is 6.49. The topological polar surface area (TPSA) is 64.8 Å². The Morgan fingerprint density at radius 3 is 3.09 bits per heavy atom. The van der Waals surface area contributed by atoms with Gasteiger partial charge in [0.1, 0.15) is 11.3 Å². The van der Waals surface area contributed by atoms with Gasteiger partial charge in [-0.15, -0.1) is 0 Å². The molecule has 2 aliphatic rings. The number of carbonyl (C=O) groups excluding carboxylic acids is 1. The van der Waals surface area contributed by atoms with Crippen LogP contribution in [0.5, 0.6) is 5.75 Å². The van der Waals surface area contributed by atoms with E-state index in [9.17, 15) is 4.79 Å². The summed E-state index contributed by atoms with van der Waals surface area (Å²) in [4.78, 5) is 18.6. The Morgan fingerprint density at radius 1 is 1.39 bits per heavy atom. The molecule has 3 heterocycles. The van der Waals surface area contributed by atoms with Gasteiger partial charge in [-0.05, 0) is 25.0 Å². The first kappa shape index (κ1) is 14.5. The third-order valence-electron chi connectivity index (χ3n) is 4.90. The number of likely N-dealkylation sites (tertiary alicyclic amines) is 1. The van der Waals surface area contributed by atoms with Crippen LogP contribution >= 0.6 is 0 Å². The van der Waals surface area contributed by atoms with E-state index in [1.807, 2.05) is 23.1 Å². The van der Waals surface area contributed by atoms with Crippen LogP contribution in [-0.4, -0.2) is 42.7 Å². The molecule has 4 rings (SSSR count). The number of hydrogen-bond acceptors (Lipinski definition) is 5. The summed E-state index contributed by atoms with van der Waals surface area (Å²) in [5, 5.41) is 0. The lowest BCUT2D eigenvalue weighted by molar-refractivity contribution is -0.138. The third kappa shape index (κ3) is 2.67. The zero-order chi connectivity index (χ0) is 15.9. The van der Waals surface area contributed by atoms with Gasteiger partial charge in [-0.2, -0.15) is 0 Å². The molecule has 1 aromatic heterocycles. The molecule has 0 radical (unpaired) electrons. The van der Waals surface area contributed by atoms with Crippen molar-refractivity contribution in [2.24, 2.45) is 5.41 Å². The minimum absolute atomic E-state index is 0.128. The molecule has 2 aliphatic heterocycles. The average Bonchev–Trinajstić information content (AvgIpc) is 3.17. The van der Waals surface area contributed by atoms with E-state index in [1.54, 1.807) is 7.11 Å². The molecule has 1 spiro atoms. The molecule has 1 atom stereocenters. The lowest BCUT2D eigenvalue weighted by Crippen LogP contribution is -2.46. The molecule has 2 aromatic rings. The highest BCUT2D eigenvalue weighted by atomic mass is 16.5. The maximum absolute atomic E-state index is 12.2. The van der Waals surface area contributed by atoms with Crippen LogP contribution in [-0.2, 0) is 16.1 Å². The van der Waals surface area contributed by atoms with Crippen molar-refractivity contribution in [3.8, 4) is 5.75 Å². The molecule has 2 fully saturated rings. The highest BCUT2D eigenvalue weighted by Gasteiger charge is 2.41. The molecular weight excluding hydrogens is 296 g/mol. The molecule has 0 unspecified atom stereocenters. The quantitative estimate of drug-likeness (QED) is 0.870. The molecule has 0 saturated carbocycles. The lowest BCUT2D eigenvalue weighted by atomic mass is 9.79. The van der Waals surface area contributed by atoms with Crippen molar-refractivity contribution in [2.75, 3.05) is 26.9 Å². The predicted molar refractivity (Wildman–Crippen MR) is 83.1 cm³/mol. The number of carbonyl (C=O) groups is 1. The summed E-state index contributed by atoms with van der Waals surface area (Å²) in [6, 6.07) is 5.52. The van der Waals surface area contributed by atoms with Crippen molar-refractivity contribution in [1.82, 2.24) is 9.88 Å². The molecular formula is C17H20N2O4. The van der Waals surface area contributed by atoms with Crippen LogP contribution in [0.4, 0.5) is 0 Å². The third-order valence-corrected chi connectivity index (χ3v) is 4.90. The Bertz CT molecular complexity index is 733. The van der Waals surface area contributed by atoms with Gasteiger partial charge in [-0.3, -0.25) is 4.79 Å². The van der Waals surface area contributed by atoms with Crippen LogP contribution < -0.4 is 4.74 Å². The molecule has 0 bridgehead atoms. The first-order chi connectivity index (χ1) is 11.2. The summed E-state index contributed by atoms with van der Waals surface area (Å²) >= 11 is 0. The maximum atomic E-state index is 12.2. The Labute approximate surface area is 134 Å². The fourth-order valence-corrected chi connectivity index (χ4v) is 3.53. The second kappa shape index (κ2) is 5.53. The summed E-state index contributed by atoms with van der Waals surface area (Å²) in [7, 11) is 1.62. The zero-order valence-corrected chi connectivity index (χ0v) is 13.2. The number of hydrogen-bond donors (Lipinski definition) is 0. The summed E-state index contributed by atoms with van der Waals surface area (Å²) in [5.74, 6) is 1.48. The van der Waals surface area contributed by atoms with Crippen molar-refractivity contribution in [1.29, 1.82) is 0 Å². The van der Waals surface area contributed by atoms with Crippen molar-refractivity contribution >= 4 is 17.0 Å². The molecule has 0 aliphatic carbocycles. The minimum Gasteiger partial charge on any atom is -0.497 e. The van der Waals surface area contributed by atoms with E-state index < -0.39 is 0 Å². The van der Waals surface area contributed by atoms with Crippen LogP contribution in [0.25, 0.3) is 11.1 Å². The van der Waals surface area contributed by atoms with Gasteiger partial charge in [-0.25, -0.2) is 4.98 Å². The first-order valence-electron chi connectivity index (χ1n) is 7.96. The molecule has 122 valence electrons. The Kier molecular flexibility index (Phi) is 3.49. The number of aromatic nitrogens is 1. The van der Waals surface area contributed by atoms with E-state index in [2.05, 4.69) is 4.98 Å². The Hall–Kier alpha value is -2.08. The first-order valence-corrected chi connectivity index (χ1v) is 7.96. The standard InChI is InChI=1S/C17H20N2O4/c1-21-12-2-3-14-13(8-12)18-15(23-14)9-19-10-17(5-4-16(19)20)6-7-22-11-17/h2-3,8H,4-7,9-11H2,1H3/t17-/m0/s1. The van der Waals surface area contributed by atoms with Crippen molar-refractivity contribution < 1.29 is 18.7 Å². The molecule has 2 saturated heterocycles. The summed E-state index contributed by atoms with van der Waals surface area (Å²) in [6.07, 6.45) is 2.53. The fraction of sp³-hybridized carbons (Fsp3) is 0.529. The van der Waals surface area contributed by atoms with E-state index in [0.29, 0.717) is 24.4 Å². The highest BCUT2D eigenvalue weighted by molar-refractivity contribution is 5.77. The van der Waals surface area contributed by atoms with Gasteiger partial charge in [0, 0.05) is 31.1 Å². The van der Waals surface area contributed by atoms with Gasteiger partial charge in [0.05, 0.1) is 20.3 Å². The Morgan fingerprint density at radius 2 is 2.30 bits per heavy atom.